The zero-order valence-corrected chi connectivity index (χ0v) is 14.6. The van der Waals surface area contributed by atoms with Crippen LogP contribution in [-0.4, -0.2) is 51.1 Å². The van der Waals surface area contributed by atoms with E-state index in [0.717, 1.165) is 36.2 Å². The van der Waals surface area contributed by atoms with Crippen LogP contribution in [0.1, 0.15) is 44.6 Å². The number of carbonyl (C=O) groups excluding carboxylic acids is 1. The molecule has 7 heteroatoms. The van der Waals surface area contributed by atoms with Crippen LogP contribution in [0, 0.1) is 0 Å². The highest BCUT2D eigenvalue weighted by molar-refractivity contribution is 5.82. The van der Waals surface area contributed by atoms with E-state index >= 15 is 0 Å². The summed E-state index contributed by atoms with van der Waals surface area (Å²) in [5.41, 5.74) is 2.07. The first-order valence-corrected chi connectivity index (χ1v) is 8.66. The minimum atomic E-state index is -1.03. The molecule has 0 saturated carbocycles. The second kappa shape index (κ2) is 7.23. The molecule has 0 aliphatic carbocycles. The van der Waals surface area contributed by atoms with Gasteiger partial charge >= 0.3 is 5.97 Å². The summed E-state index contributed by atoms with van der Waals surface area (Å²) in [5, 5.41) is 11.1. The number of fused-ring (bicyclic) bond motifs is 1. The van der Waals surface area contributed by atoms with Gasteiger partial charge in [0, 0.05) is 6.04 Å². The summed E-state index contributed by atoms with van der Waals surface area (Å²) in [6, 6.07) is 8.42. The van der Waals surface area contributed by atoms with Gasteiger partial charge in [-0.15, -0.1) is 0 Å². The Bertz CT molecular complexity index is 784. The maximum absolute atomic E-state index is 12.0. The molecule has 1 saturated heterocycles. The van der Waals surface area contributed by atoms with Crippen molar-refractivity contribution in [3.63, 3.8) is 0 Å². The van der Waals surface area contributed by atoms with E-state index in [1.807, 2.05) is 18.2 Å². The van der Waals surface area contributed by atoms with E-state index in [1.165, 1.54) is 0 Å². The molecule has 1 fully saturated rings. The third-order valence-corrected chi connectivity index (χ3v) is 4.58. The fraction of sp³-hybridized carbons (Fsp3) is 0.500. The molecule has 0 radical (unpaired) electrons. The van der Waals surface area contributed by atoms with Crippen molar-refractivity contribution in [2.24, 2.45) is 0 Å². The van der Waals surface area contributed by atoms with Crippen LogP contribution in [0.2, 0.25) is 0 Å². The standard InChI is InChI=1S/C18H24N4O3/c1-12(2)22-14-7-4-3-6-13(14)20-18(22)15-8-5-9-21(15)11-16(23)19-10-17(24)25/h3-4,6-7,12,15H,5,8-11H2,1-2H3,(H,19,23)(H,24,25). The van der Waals surface area contributed by atoms with Crippen molar-refractivity contribution in [1.29, 1.82) is 0 Å². The van der Waals surface area contributed by atoms with Crippen molar-refractivity contribution in [3.8, 4) is 0 Å². The second-order valence-corrected chi connectivity index (χ2v) is 6.72. The highest BCUT2D eigenvalue weighted by Crippen LogP contribution is 2.34. The Morgan fingerprint density at radius 3 is 2.84 bits per heavy atom. The molecule has 0 bridgehead atoms. The normalized spacial score (nSPS) is 18.1. The number of likely N-dealkylation sites (tertiary alicyclic amines) is 1. The maximum Gasteiger partial charge on any atom is 0.322 e. The first kappa shape index (κ1) is 17.4. The van der Waals surface area contributed by atoms with Crippen LogP contribution in [0.5, 0.6) is 0 Å². The number of para-hydroxylation sites is 2. The van der Waals surface area contributed by atoms with Crippen LogP contribution in [0.25, 0.3) is 11.0 Å². The highest BCUT2D eigenvalue weighted by atomic mass is 16.4. The lowest BCUT2D eigenvalue weighted by molar-refractivity contribution is -0.138. The molecule has 1 unspecified atom stereocenters. The van der Waals surface area contributed by atoms with Gasteiger partial charge in [-0.2, -0.15) is 0 Å². The van der Waals surface area contributed by atoms with E-state index in [4.69, 9.17) is 10.1 Å². The number of amides is 1. The Hall–Kier alpha value is -2.41. The summed E-state index contributed by atoms with van der Waals surface area (Å²) in [6.07, 6.45) is 1.94. The summed E-state index contributed by atoms with van der Waals surface area (Å²) in [7, 11) is 0. The topological polar surface area (TPSA) is 87.5 Å². The van der Waals surface area contributed by atoms with E-state index < -0.39 is 5.97 Å². The number of nitrogens with one attached hydrogen (secondary N) is 1. The lowest BCUT2D eigenvalue weighted by Crippen LogP contribution is -2.39. The molecule has 2 N–H and O–H groups in total. The van der Waals surface area contributed by atoms with Gasteiger partial charge < -0.3 is 15.0 Å². The number of carboxylic acids is 1. The molecule has 25 heavy (non-hydrogen) atoms. The molecule has 0 spiro atoms. The van der Waals surface area contributed by atoms with Gasteiger partial charge in [0.2, 0.25) is 5.91 Å². The lowest BCUT2D eigenvalue weighted by atomic mass is 10.2. The first-order chi connectivity index (χ1) is 12.0. The number of hydrogen-bond acceptors (Lipinski definition) is 4. The Morgan fingerprint density at radius 2 is 2.12 bits per heavy atom. The fourth-order valence-corrected chi connectivity index (χ4v) is 3.56. The van der Waals surface area contributed by atoms with Crippen LogP contribution in [0.4, 0.5) is 0 Å². The summed E-state index contributed by atoms with van der Waals surface area (Å²) in [4.78, 5) is 29.6. The Morgan fingerprint density at radius 1 is 1.36 bits per heavy atom. The van der Waals surface area contributed by atoms with Crippen molar-refractivity contribution in [2.45, 2.75) is 38.8 Å². The van der Waals surface area contributed by atoms with Gasteiger partial charge in [0.1, 0.15) is 12.4 Å². The maximum atomic E-state index is 12.0. The SMILES string of the molecule is CC(C)n1c(C2CCCN2CC(=O)NCC(=O)O)nc2ccccc21. The average Bonchev–Trinajstić information content (AvgIpc) is 3.16. The van der Waals surface area contributed by atoms with Crippen molar-refractivity contribution in [2.75, 3.05) is 19.6 Å². The molecule has 1 atom stereocenters. The largest absolute Gasteiger partial charge is 0.480 e. The molecular formula is C18H24N4O3. The van der Waals surface area contributed by atoms with E-state index in [1.54, 1.807) is 0 Å². The zero-order valence-electron chi connectivity index (χ0n) is 14.6. The molecule has 7 nitrogen and oxygen atoms in total. The Balaban J connectivity index is 1.85. The molecule has 3 rings (SSSR count). The van der Waals surface area contributed by atoms with Gasteiger partial charge in [-0.05, 0) is 45.4 Å². The third kappa shape index (κ3) is 3.66. The van der Waals surface area contributed by atoms with Crippen LogP contribution in [0.15, 0.2) is 24.3 Å². The molecule has 1 amide bonds. The van der Waals surface area contributed by atoms with Crippen LogP contribution >= 0.6 is 0 Å². The lowest BCUT2D eigenvalue weighted by Gasteiger charge is -2.25. The van der Waals surface area contributed by atoms with Gasteiger partial charge in [0.05, 0.1) is 23.6 Å². The number of benzene rings is 1. The van der Waals surface area contributed by atoms with E-state index in [-0.39, 0.29) is 31.1 Å². The Labute approximate surface area is 146 Å². The predicted molar refractivity (Wildman–Crippen MR) is 94.3 cm³/mol. The molecule has 1 aliphatic heterocycles. The number of carboxylic acid groups (broad SMARTS) is 1. The highest BCUT2D eigenvalue weighted by Gasteiger charge is 2.32. The van der Waals surface area contributed by atoms with Gasteiger partial charge in [-0.3, -0.25) is 14.5 Å². The van der Waals surface area contributed by atoms with Crippen molar-refractivity contribution >= 4 is 22.9 Å². The molecule has 1 aromatic carbocycles. The summed E-state index contributed by atoms with van der Waals surface area (Å²) < 4.78 is 2.24. The first-order valence-electron chi connectivity index (χ1n) is 8.66. The summed E-state index contributed by atoms with van der Waals surface area (Å²) >= 11 is 0. The molecule has 134 valence electrons. The van der Waals surface area contributed by atoms with Crippen molar-refractivity contribution < 1.29 is 14.7 Å². The molecule has 1 aliphatic rings. The number of aliphatic carboxylic acids is 1. The zero-order chi connectivity index (χ0) is 18.0. The summed E-state index contributed by atoms with van der Waals surface area (Å²) in [5.74, 6) is -0.311. The molecule has 1 aromatic heterocycles. The smallest absolute Gasteiger partial charge is 0.322 e. The van der Waals surface area contributed by atoms with E-state index in [0.29, 0.717) is 0 Å². The summed E-state index contributed by atoms with van der Waals surface area (Å²) in [6.45, 7) is 4.93. The van der Waals surface area contributed by atoms with Crippen LogP contribution in [0.3, 0.4) is 0 Å². The van der Waals surface area contributed by atoms with Gasteiger partial charge in [-0.25, -0.2) is 4.98 Å². The van der Waals surface area contributed by atoms with E-state index in [9.17, 15) is 9.59 Å². The van der Waals surface area contributed by atoms with Gasteiger partial charge in [0.15, 0.2) is 0 Å². The minimum Gasteiger partial charge on any atom is -0.480 e. The molecular weight excluding hydrogens is 320 g/mol. The van der Waals surface area contributed by atoms with Crippen molar-refractivity contribution in [3.05, 3.63) is 30.1 Å². The molecule has 2 aromatic rings. The van der Waals surface area contributed by atoms with Crippen molar-refractivity contribution in [1.82, 2.24) is 19.8 Å². The van der Waals surface area contributed by atoms with Gasteiger partial charge in [0.25, 0.3) is 0 Å². The minimum absolute atomic E-state index is 0.0744. The number of aromatic nitrogens is 2. The van der Waals surface area contributed by atoms with Crippen LogP contribution < -0.4 is 5.32 Å². The second-order valence-electron chi connectivity index (χ2n) is 6.72. The van der Waals surface area contributed by atoms with E-state index in [2.05, 4.69) is 34.7 Å². The number of nitrogens with zero attached hydrogens (tertiary/aromatic N) is 3. The Kier molecular flexibility index (Phi) is 5.03. The number of carbonyl (C=O) groups is 2. The van der Waals surface area contributed by atoms with Gasteiger partial charge in [-0.1, -0.05) is 12.1 Å². The number of rotatable bonds is 6. The quantitative estimate of drug-likeness (QED) is 0.836. The average molecular weight is 344 g/mol. The fourth-order valence-electron chi connectivity index (χ4n) is 3.56. The monoisotopic (exact) mass is 344 g/mol. The molecule has 2 heterocycles. The third-order valence-electron chi connectivity index (χ3n) is 4.58. The predicted octanol–water partition coefficient (Wildman–Crippen LogP) is 1.95. The number of imidazole rings is 1. The number of hydrogen-bond donors (Lipinski definition) is 2. The van der Waals surface area contributed by atoms with Crippen LogP contribution in [-0.2, 0) is 9.59 Å².